The molecule has 86 valence electrons. The van der Waals surface area contributed by atoms with Crippen molar-refractivity contribution in [2.45, 2.75) is 6.92 Å². The van der Waals surface area contributed by atoms with Crippen molar-refractivity contribution < 1.29 is 28.8 Å². The van der Waals surface area contributed by atoms with Crippen LogP contribution in [0.2, 0.25) is 0 Å². The van der Waals surface area contributed by atoms with Gasteiger partial charge < -0.3 is 9.90 Å². The predicted octanol–water partition coefficient (Wildman–Crippen LogP) is -0.565. The van der Waals surface area contributed by atoms with E-state index in [0.717, 1.165) is 6.92 Å². The van der Waals surface area contributed by atoms with Gasteiger partial charge in [-0.15, -0.1) is 9.79 Å². The summed E-state index contributed by atoms with van der Waals surface area (Å²) in [6.45, 7) is 0.972. The van der Waals surface area contributed by atoms with Gasteiger partial charge in [-0.05, 0) is 6.92 Å². The third-order valence-corrected chi connectivity index (χ3v) is 1.33. The highest BCUT2D eigenvalue weighted by atomic mass is 31.1. The van der Waals surface area contributed by atoms with Gasteiger partial charge in [0, 0.05) is 34.8 Å². The van der Waals surface area contributed by atoms with Crippen molar-refractivity contribution >= 4 is 20.4 Å². The van der Waals surface area contributed by atoms with Crippen molar-refractivity contribution in [3.05, 3.63) is 36.2 Å². The van der Waals surface area contributed by atoms with Gasteiger partial charge in [0.2, 0.25) is 5.70 Å². The van der Waals surface area contributed by atoms with Gasteiger partial charge in [0.25, 0.3) is 0 Å². The first-order valence-corrected chi connectivity index (χ1v) is 5.31. The highest BCUT2D eigenvalue weighted by molar-refractivity contribution is 7.30. The van der Waals surface area contributed by atoms with Crippen LogP contribution in [-0.4, -0.2) is 26.5 Å². The number of allylic oxidation sites excluding steroid dienone is 4. The smallest absolute Gasteiger partial charge is 0.550 e. The van der Waals surface area contributed by atoms with E-state index in [-0.39, 0.29) is 0 Å². The Morgan fingerprint density at radius 1 is 1.44 bits per heavy atom. The van der Waals surface area contributed by atoms with E-state index >= 15 is 0 Å². The molecule has 0 aromatic rings. The lowest BCUT2D eigenvalue weighted by atomic mass is 10.4. The van der Waals surface area contributed by atoms with Crippen LogP contribution in [0.15, 0.2) is 36.2 Å². The molecule has 0 saturated heterocycles. The molecule has 0 aliphatic carbocycles. The van der Waals surface area contributed by atoms with Crippen LogP contribution in [-0.2, 0) is 9.36 Å². The Morgan fingerprint density at radius 3 is 2.38 bits per heavy atom. The second-order valence-corrected chi connectivity index (χ2v) is 3.10. The largest absolute Gasteiger partial charge is 0.692 e. The fraction of sp³-hybridized carbons (Fsp3) is 0.111. The van der Waals surface area contributed by atoms with Crippen LogP contribution < -0.4 is 5.11 Å². The summed E-state index contributed by atoms with van der Waals surface area (Å²) in [7, 11) is -2.87. The fourth-order valence-corrected chi connectivity index (χ4v) is 0.918. The molecule has 0 aromatic heterocycles. The van der Waals surface area contributed by atoms with Crippen LogP contribution >= 0.6 is 8.25 Å². The van der Waals surface area contributed by atoms with E-state index in [9.17, 15) is 0 Å². The maximum Gasteiger partial charge on any atom is 0.692 e. The van der Waals surface area contributed by atoms with E-state index < -0.39 is 14.2 Å². The summed E-state index contributed by atoms with van der Waals surface area (Å²) in [4.78, 5) is 23.1. The number of rotatable bonds is 0. The van der Waals surface area contributed by atoms with E-state index in [1.54, 1.807) is 0 Å². The van der Waals surface area contributed by atoms with Crippen LogP contribution in [0.4, 0.5) is 0 Å². The molecular formula is C9H11NO5P+. The SMILES string of the molecule is C1=CC2=CC=C[N+]2=C1.CC(=O)[O-].O=[P+](O)O. The number of aliphatic carboxylic acids is 1. The Labute approximate surface area is 93.1 Å². The molecule has 7 heteroatoms. The molecule has 6 nitrogen and oxygen atoms in total. The molecule has 0 bridgehead atoms. The highest BCUT2D eigenvalue weighted by Crippen LogP contribution is 2.10. The molecule has 0 aromatic carbocycles. The zero-order valence-corrected chi connectivity index (χ0v) is 9.37. The molecule has 0 amide bonds. The summed E-state index contributed by atoms with van der Waals surface area (Å²) >= 11 is 0. The third kappa shape index (κ3) is 7.75. The van der Waals surface area contributed by atoms with Gasteiger partial charge in [-0.3, -0.25) is 0 Å². The van der Waals surface area contributed by atoms with Gasteiger partial charge in [0.15, 0.2) is 12.4 Å². The van der Waals surface area contributed by atoms with Crippen molar-refractivity contribution in [3.8, 4) is 0 Å². The second kappa shape index (κ2) is 7.64. The number of hydrogen-bond donors (Lipinski definition) is 2. The van der Waals surface area contributed by atoms with Gasteiger partial charge >= 0.3 is 8.25 Å². The fourth-order valence-electron chi connectivity index (χ4n) is 0.918. The minimum Gasteiger partial charge on any atom is -0.550 e. The number of carboxylic acid groups (broad SMARTS) is 1. The maximum atomic E-state index is 8.89. The van der Waals surface area contributed by atoms with E-state index in [1.165, 1.54) is 5.70 Å². The van der Waals surface area contributed by atoms with E-state index in [2.05, 4.69) is 16.7 Å². The molecule has 2 aliphatic rings. The molecule has 0 radical (unpaired) electrons. The van der Waals surface area contributed by atoms with E-state index in [4.69, 9.17) is 24.3 Å². The second-order valence-electron chi connectivity index (χ2n) is 2.59. The number of hydrogen-bond acceptors (Lipinski definition) is 3. The Hall–Kier alpha value is -1.62. The van der Waals surface area contributed by atoms with Crippen LogP contribution in [0.3, 0.4) is 0 Å². The third-order valence-electron chi connectivity index (χ3n) is 1.33. The molecular weight excluding hydrogens is 233 g/mol. The minimum absolute atomic E-state index is 0.972. The maximum absolute atomic E-state index is 8.89. The highest BCUT2D eigenvalue weighted by Gasteiger charge is 2.13. The lowest BCUT2D eigenvalue weighted by molar-refractivity contribution is -0.380. The first-order chi connectivity index (χ1) is 7.43. The van der Waals surface area contributed by atoms with Crippen molar-refractivity contribution in [2.24, 2.45) is 0 Å². The first-order valence-electron chi connectivity index (χ1n) is 4.14. The first kappa shape index (κ1) is 14.4. The lowest BCUT2D eigenvalue weighted by Crippen LogP contribution is -2.16. The molecule has 0 saturated carbocycles. The van der Waals surface area contributed by atoms with Gasteiger partial charge in [0.1, 0.15) is 0 Å². The predicted molar refractivity (Wildman–Crippen MR) is 55.4 cm³/mol. The summed E-state index contributed by atoms with van der Waals surface area (Å²) < 4.78 is 10.8. The van der Waals surface area contributed by atoms with Crippen molar-refractivity contribution in [3.63, 3.8) is 0 Å². The topological polar surface area (TPSA) is 101 Å². The zero-order chi connectivity index (χ0) is 12.6. The van der Waals surface area contributed by atoms with Crippen LogP contribution in [0.5, 0.6) is 0 Å². The normalized spacial score (nSPS) is 13.7. The average Bonchev–Trinajstić information content (AvgIpc) is 2.58. The van der Waals surface area contributed by atoms with Crippen molar-refractivity contribution in [1.82, 2.24) is 0 Å². The molecule has 0 atom stereocenters. The molecule has 2 heterocycles. The Kier molecular flexibility index (Phi) is 6.87. The molecule has 0 unspecified atom stereocenters. The number of nitrogens with zero attached hydrogens (tertiary/aromatic N) is 1. The Morgan fingerprint density at radius 2 is 1.94 bits per heavy atom. The molecule has 16 heavy (non-hydrogen) atoms. The zero-order valence-electron chi connectivity index (χ0n) is 8.48. The average molecular weight is 244 g/mol. The van der Waals surface area contributed by atoms with Crippen LogP contribution in [0.1, 0.15) is 6.92 Å². The summed E-state index contributed by atoms with van der Waals surface area (Å²) in [6.07, 6.45) is 12.3. The summed E-state index contributed by atoms with van der Waals surface area (Å²) in [6, 6.07) is 0. The number of carbonyl (C=O) groups is 1. The van der Waals surface area contributed by atoms with Gasteiger partial charge in [-0.1, -0.05) is 0 Å². The molecule has 2 rings (SSSR count). The molecule has 0 spiro atoms. The van der Waals surface area contributed by atoms with E-state index in [1.807, 2.05) is 24.6 Å². The summed E-state index contributed by atoms with van der Waals surface area (Å²) in [5, 5.41) is 8.89. The molecule has 0 fully saturated rings. The Balaban J connectivity index is 0.000000244. The van der Waals surface area contributed by atoms with E-state index in [0.29, 0.717) is 0 Å². The number of carboxylic acids is 1. The quantitative estimate of drug-likeness (QED) is 0.439. The minimum atomic E-state index is -2.87. The van der Waals surface area contributed by atoms with Crippen molar-refractivity contribution in [2.75, 3.05) is 0 Å². The van der Waals surface area contributed by atoms with Gasteiger partial charge in [0.05, 0.1) is 0 Å². The lowest BCUT2D eigenvalue weighted by Gasteiger charge is -1.79. The summed E-state index contributed by atoms with van der Waals surface area (Å²) in [5.74, 6) is -1.08. The number of fused-ring (bicyclic) bond motifs is 1. The van der Waals surface area contributed by atoms with Crippen molar-refractivity contribution in [1.29, 1.82) is 0 Å². The molecule has 2 N–H and O–H groups in total. The number of carbonyl (C=O) groups excluding carboxylic acids is 1. The van der Waals surface area contributed by atoms with Gasteiger partial charge in [-0.2, -0.15) is 4.58 Å². The summed E-state index contributed by atoms with van der Waals surface area (Å²) in [5.41, 5.74) is 1.27. The standard InChI is InChI=1S/C7H6N.C2H4O2.HO3P/c1-3-7-4-2-6-8(7)5-1;1-2(3)4;1-4(2)3/h1-6H;1H3,(H,3,4);(H-,1,2,3)/q+1;;. The molecule has 2 aliphatic heterocycles. The monoisotopic (exact) mass is 244 g/mol. The van der Waals surface area contributed by atoms with Crippen LogP contribution in [0, 0.1) is 0 Å². The van der Waals surface area contributed by atoms with Crippen LogP contribution in [0.25, 0.3) is 0 Å². The van der Waals surface area contributed by atoms with Gasteiger partial charge in [-0.25, -0.2) is 0 Å². The Bertz CT molecular complexity index is 349.